The van der Waals surface area contributed by atoms with Crippen LogP contribution >= 0.6 is 0 Å². The van der Waals surface area contributed by atoms with E-state index in [1.54, 1.807) is 4.90 Å². The number of hydrogen-bond acceptors (Lipinski definition) is 3. The standard InChI is InChI=1S/C15H13F2N3O/c16-12-5-11(15(18)19-21)6-13(17)14(12)20-7-9-3-1-2-4-10(9)8-20/h1-6,21H,7-8H2,(H2,18,19). The maximum atomic E-state index is 14.2. The van der Waals surface area contributed by atoms with Gasteiger partial charge in [0.15, 0.2) is 5.84 Å². The first-order chi connectivity index (χ1) is 10.1. The third-order valence-electron chi connectivity index (χ3n) is 3.58. The molecule has 0 saturated heterocycles. The molecule has 0 aromatic heterocycles. The zero-order valence-corrected chi connectivity index (χ0v) is 11.1. The van der Waals surface area contributed by atoms with Crippen molar-refractivity contribution in [2.75, 3.05) is 4.90 Å². The van der Waals surface area contributed by atoms with Crippen LogP contribution in [-0.4, -0.2) is 11.0 Å². The molecule has 21 heavy (non-hydrogen) atoms. The zero-order chi connectivity index (χ0) is 15.0. The summed E-state index contributed by atoms with van der Waals surface area (Å²) in [6.07, 6.45) is 0. The van der Waals surface area contributed by atoms with Gasteiger partial charge in [0.25, 0.3) is 0 Å². The minimum Gasteiger partial charge on any atom is -0.409 e. The average Bonchev–Trinajstić information content (AvgIpc) is 2.88. The number of nitrogens with two attached hydrogens (primary N) is 1. The van der Waals surface area contributed by atoms with E-state index in [9.17, 15) is 8.78 Å². The molecular formula is C15H13F2N3O. The number of amidine groups is 1. The second kappa shape index (κ2) is 5.05. The Kier molecular flexibility index (Phi) is 3.21. The molecule has 0 fully saturated rings. The SMILES string of the molecule is N/C(=N/O)c1cc(F)c(N2Cc3ccccc3C2)c(F)c1. The molecular weight excluding hydrogens is 276 g/mol. The Morgan fingerprint density at radius 3 is 2.10 bits per heavy atom. The van der Waals surface area contributed by atoms with Crippen LogP contribution in [-0.2, 0) is 13.1 Å². The van der Waals surface area contributed by atoms with E-state index in [1.807, 2.05) is 24.3 Å². The van der Waals surface area contributed by atoms with E-state index in [2.05, 4.69) is 5.16 Å². The summed E-state index contributed by atoms with van der Waals surface area (Å²) in [5.74, 6) is -1.79. The number of anilines is 1. The summed E-state index contributed by atoms with van der Waals surface area (Å²) < 4.78 is 28.4. The Balaban J connectivity index is 1.98. The fourth-order valence-electron chi connectivity index (χ4n) is 2.56. The van der Waals surface area contributed by atoms with Crippen LogP contribution in [0.3, 0.4) is 0 Å². The van der Waals surface area contributed by atoms with Crippen LogP contribution < -0.4 is 10.6 Å². The van der Waals surface area contributed by atoms with Gasteiger partial charge < -0.3 is 15.8 Å². The normalized spacial score (nSPS) is 14.4. The van der Waals surface area contributed by atoms with Gasteiger partial charge in [0.1, 0.15) is 17.3 Å². The maximum absolute atomic E-state index is 14.2. The Bertz CT molecular complexity index is 683. The van der Waals surface area contributed by atoms with E-state index in [-0.39, 0.29) is 17.1 Å². The van der Waals surface area contributed by atoms with Crippen LogP contribution in [0.1, 0.15) is 16.7 Å². The number of benzene rings is 2. The molecule has 4 nitrogen and oxygen atoms in total. The first-order valence-corrected chi connectivity index (χ1v) is 6.39. The molecule has 0 saturated carbocycles. The van der Waals surface area contributed by atoms with Gasteiger partial charge in [0.2, 0.25) is 0 Å². The van der Waals surface area contributed by atoms with Gasteiger partial charge in [0.05, 0.1) is 0 Å². The molecule has 1 aliphatic rings. The summed E-state index contributed by atoms with van der Waals surface area (Å²) in [4.78, 5) is 1.63. The van der Waals surface area contributed by atoms with Gasteiger partial charge in [-0.1, -0.05) is 29.4 Å². The number of rotatable bonds is 2. The van der Waals surface area contributed by atoms with Gasteiger partial charge in [-0.25, -0.2) is 8.78 Å². The lowest BCUT2D eigenvalue weighted by Gasteiger charge is -2.19. The lowest BCUT2D eigenvalue weighted by Crippen LogP contribution is -2.20. The molecule has 2 aromatic carbocycles. The van der Waals surface area contributed by atoms with Crippen LogP contribution in [0.25, 0.3) is 0 Å². The quantitative estimate of drug-likeness (QED) is 0.386. The Morgan fingerprint density at radius 1 is 1.10 bits per heavy atom. The molecule has 2 aromatic rings. The van der Waals surface area contributed by atoms with Gasteiger partial charge in [-0.2, -0.15) is 0 Å². The molecule has 3 rings (SSSR count). The van der Waals surface area contributed by atoms with Gasteiger partial charge >= 0.3 is 0 Å². The highest BCUT2D eigenvalue weighted by Crippen LogP contribution is 2.32. The highest BCUT2D eigenvalue weighted by molar-refractivity contribution is 5.97. The van der Waals surface area contributed by atoms with Crippen molar-refractivity contribution in [2.24, 2.45) is 10.9 Å². The van der Waals surface area contributed by atoms with E-state index in [4.69, 9.17) is 10.9 Å². The average molecular weight is 289 g/mol. The Labute approximate surface area is 120 Å². The molecule has 0 amide bonds. The highest BCUT2D eigenvalue weighted by atomic mass is 19.1. The third kappa shape index (κ3) is 2.29. The number of halogens is 2. The van der Waals surface area contributed by atoms with Crippen molar-refractivity contribution in [3.8, 4) is 0 Å². The zero-order valence-electron chi connectivity index (χ0n) is 11.1. The van der Waals surface area contributed by atoms with Crippen molar-refractivity contribution in [3.63, 3.8) is 0 Å². The molecule has 1 aliphatic heterocycles. The van der Waals surface area contributed by atoms with Crippen molar-refractivity contribution in [2.45, 2.75) is 13.1 Å². The second-order valence-corrected chi connectivity index (χ2v) is 4.90. The molecule has 0 aliphatic carbocycles. The summed E-state index contributed by atoms with van der Waals surface area (Å²) in [6, 6.07) is 9.81. The van der Waals surface area contributed by atoms with Crippen LogP contribution in [0.15, 0.2) is 41.6 Å². The number of oxime groups is 1. The van der Waals surface area contributed by atoms with E-state index < -0.39 is 11.6 Å². The Hall–Kier alpha value is -2.63. The molecule has 1 heterocycles. The highest BCUT2D eigenvalue weighted by Gasteiger charge is 2.24. The fourth-order valence-corrected chi connectivity index (χ4v) is 2.56. The molecule has 6 heteroatoms. The van der Waals surface area contributed by atoms with E-state index in [0.717, 1.165) is 23.3 Å². The van der Waals surface area contributed by atoms with Crippen molar-refractivity contribution in [3.05, 3.63) is 64.7 Å². The van der Waals surface area contributed by atoms with Crippen LogP contribution in [0.2, 0.25) is 0 Å². The number of hydrogen-bond donors (Lipinski definition) is 2. The molecule has 3 N–H and O–H groups in total. The lowest BCUT2D eigenvalue weighted by molar-refractivity contribution is 0.318. The van der Waals surface area contributed by atoms with Gasteiger partial charge in [-0.05, 0) is 23.3 Å². The fraction of sp³-hybridized carbons (Fsp3) is 0.133. The summed E-state index contributed by atoms with van der Waals surface area (Å²) in [5.41, 5.74) is 7.37. The van der Waals surface area contributed by atoms with Gasteiger partial charge in [-0.3, -0.25) is 0 Å². The first-order valence-electron chi connectivity index (χ1n) is 6.39. The molecule has 0 bridgehead atoms. The van der Waals surface area contributed by atoms with E-state index in [0.29, 0.717) is 13.1 Å². The summed E-state index contributed by atoms with van der Waals surface area (Å²) >= 11 is 0. The topological polar surface area (TPSA) is 61.9 Å². The summed E-state index contributed by atoms with van der Waals surface area (Å²) in [6.45, 7) is 0.903. The minimum absolute atomic E-state index is 0.00737. The largest absolute Gasteiger partial charge is 0.409 e. The molecule has 108 valence electrons. The predicted octanol–water partition coefficient (Wildman–Crippen LogP) is 2.58. The first kappa shape index (κ1) is 13.4. The van der Waals surface area contributed by atoms with Crippen molar-refractivity contribution in [1.29, 1.82) is 0 Å². The molecule has 0 atom stereocenters. The van der Waals surface area contributed by atoms with Gasteiger partial charge in [-0.15, -0.1) is 0 Å². The van der Waals surface area contributed by atoms with Crippen molar-refractivity contribution >= 4 is 11.5 Å². The van der Waals surface area contributed by atoms with Crippen LogP contribution in [0.5, 0.6) is 0 Å². The van der Waals surface area contributed by atoms with Crippen LogP contribution in [0, 0.1) is 11.6 Å². The van der Waals surface area contributed by atoms with Crippen molar-refractivity contribution in [1.82, 2.24) is 0 Å². The lowest BCUT2D eigenvalue weighted by atomic mass is 10.1. The summed E-state index contributed by atoms with van der Waals surface area (Å²) in [5, 5.41) is 11.3. The second-order valence-electron chi connectivity index (χ2n) is 4.90. The molecule has 0 spiro atoms. The molecule has 0 unspecified atom stereocenters. The Morgan fingerprint density at radius 2 is 1.62 bits per heavy atom. The van der Waals surface area contributed by atoms with E-state index >= 15 is 0 Å². The number of nitrogens with zero attached hydrogens (tertiary/aromatic N) is 2. The predicted molar refractivity (Wildman–Crippen MR) is 75.2 cm³/mol. The minimum atomic E-state index is -0.732. The third-order valence-corrected chi connectivity index (χ3v) is 3.58. The van der Waals surface area contributed by atoms with Crippen LogP contribution in [0.4, 0.5) is 14.5 Å². The smallest absolute Gasteiger partial charge is 0.170 e. The van der Waals surface area contributed by atoms with Crippen molar-refractivity contribution < 1.29 is 14.0 Å². The monoisotopic (exact) mass is 289 g/mol. The number of fused-ring (bicyclic) bond motifs is 1. The summed E-state index contributed by atoms with van der Waals surface area (Å²) in [7, 11) is 0. The molecule has 0 radical (unpaired) electrons. The van der Waals surface area contributed by atoms with E-state index in [1.165, 1.54) is 0 Å². The van der Waals surface area contributed by atoms with Gasteiger partial charge in [0, 0.05) is 18.7 Å². The maximum Gasteiger partial charge on any atom is 0.170 e.